The maximum absolute atomic E-state index is 11.0. The summed E-state index contributed by atoms with van der Waals surface area (Å²) < 4.78 is 5.32. The zero-order valence-electron chi connectivity index (χ0n) is 8.25. The number of amides is 1. The van der Waals surface area contributed by atoms with Crippen molar-refractivity contribution in [2.24, 2.45) is 17.8 Å². The van der Waals surface area contributed by atoms with Gasteiger partial charge in [0.05, 0.1) is 0 Å². The van der Waals surface area contributed by atoms with Gasteiger partial charge in [-0.25, -0.2) is 4.79 Å². The van der Waals surface area contributed by atoms with E-state index in [1.807, 2.05) is 0 Å². The zero-order chi connectivity index (χ0) is 9.42. The number of ether oxygens (including phenoxy) is 1. The predicted octanol–water partition coefficient (Wildman–Crippen LogP) is 1.78. The third-order valence-corrected chi connectivity index (χ3v) is 3.52. The molecule has 0 aromatic rings. The Bertz CT molecular complexity index is 217. The van der Waals surface area contributed by atoms with Crippen LogP contribution in [0.15, 0.2) is 0 Å². The number of hydrogen-bond donors (Lipinski definition) is 1. The normalized spacial score (nSPS) is 44.6. The van der Waals surface area contributed by atoms with Crippen LogP contribution in [0.4, 0.5) is 4.79 Å². The summed E-state index contributed by atoms with van der Waals surface area (Å²) in [4.78, 5) is 11.0. The van der Waals surface area contributed by atoms with Gasteiger partial charge in [0, 0.05) is 12.5 Å². The Labute approximate surface area is 78.8 Å². The van der Waals surface area contributed by atoms with Crippen molar-refractivity contribution >= 4 is 6.09 Å². The van der Waals surface area contributed by atoms with Crippen LogP contribution in [0, 0.1) is 17.8 Å². The molecule has 4 unspecified atom stereocenters. The van der Waals surface area contributed by atoms with Gasteiger partial charge >= 0.3 is 6.09 Å². The largest absolute Gasteiger partial charge is 0.446 e. The van der Waals surface area contributed by atoms with Gasteiger partial charge in [0.25, 0.3) is 0 Å². The first-order chi connectivity index (χ1) is 6.18. The number of hydrogen-bond acceptors (Lipinski definition) is 2. The summed E-state index contributed by atoms with van der Waals surface area (Å²) in [6, 6.07) is 0. The maximum atomic E-state index is 11.0. The van der Waals surface area contributed by atoms with Gasteiger partial charge in [0.15, 0.2) is 0 Å². The van der Waals surface area contributed by atoms with E-state index in [0.717, 1.165) is 6.54 Å². The zero-order valence-corrected chi connectivity index (χ0v) is 8.25. The second-order valence-corrected chi connectivity index (χ2v) is 4.45. The summed E-state index contributed by atoms with van der Waals surface area (Å²) in [5, 5.41) is 2.77. The maximum Gasteiger partial charge on any atom is 0.407 e. The molecule has 2 fully saturated rings. The summed E-state index contributed by atoms with van der Waals surface area (Å²) in [6.07, 6.45) is 2.39. The van der Waals surface area contributed by atoms with Crippen molar-refractivity contribution in [1.82, 2.24) is 5.32 Å². The molecule has 0 radical (unpaired) electrons. The van der Waals surface area contributed by atoms with E-state index in [2.05, 4.69) is 19.2 Å². The molecule has 0 bridgehead atoms. The summed E-state index contributed by atoms with van der Waals surface area (Å²) in [5.74, 6) is 1.75. The van der Waals surface area contributed by atoms with Crippen molar-refractivity contribution in [3.05, 3.63) is 0 Å². The van der Waals surface area contributed by atoms with E-state index in [1.165, 1.54) is 12.8 Å². The van der Waals surface area contributed by atoms with E-state index in [9.17, 15) is 4.79 Å². The summed E-state index contributed by atoms with van der Waals surface area (Å²) in [6.45, 7) is 5.24. The molecule has 1 aliphatic heterocycles. The van der Waals surface area contributed by atoms with Crippen LogP contribution >= 0.6 is 0 Å². The van der Waals surface area contributed by atoms with Gasteiger partial charge in [-0.3, -0.25) is 0 Å². The molecule has 1 N–H and O–H groups in total. The standard InChI is InChI=1S/C10H17NO2/c1-6-3-4-7(2)9-8(6)5-11-10(12)13-9/h6-9H,3-5H2,1-2H3,(H,11,12). The Balaban J connectivity index is 2.10. The molecule has 1 saturated heterocycles. The van der Waals surface area contributed by atoms with Gasteiger partial charge in [-0.15, -0.1) is 0 Å². The lowest BCUT2D eigenvalue weighted by Gasteiger charge is -2.42. The molecular formula is C10H17NO2. The SMILES string of the molecule is CC1CCC(C)C2OC(=O)NCC12. The average Bonchev–Trinajstić information content (AvgIpc) is 2.12. The van der Waals surface area contributed by atoms with E-state index in [1.54, 1.807) is 0 Å². The fraction of sp³-hybridized carbons (Fsp3) is 0.900. The molecule has 1 saturated carbocycles. The summed E-state index contributed by atoms with van der Waals surface area (Å²) >= 11 is 0. The van der Waals surface area contributed by atoms with Crippen molar-refractivity contribution in [3.63, 3.8) is 0 Å². The van der Waals surface area contributed by atoms with E-state index in [4.69, 9.17) is 4.74 Å². The van der Waals surface area contributed by atoms with Crippen molar-refractivity contribution < 1.29 is 9.53 Å². The van der Waals surface area contributed by atoms with Crippen LogP contribution in [0.2, 0.25) is 0 Å². The Morgan fingerprint density at radius 3 is 2.77 bits per heavy atom. The highest BCUT2D eigenvalue weighted by Crippen LogP contribution is 2.36. The summed E-state index contributed by atoms with van der Waals surface area (Å²) in [5.41, 5.74) is 0. The highest BCUT2D eigenvalue weighted by molar-refractivity contribution is 5.68. The molecule has 3 nitrogen and oxygen atoms in total. The Kier molecular flexibility index (Phi) is 2.18. The van der Waals surface area contributed by atoms with Crippen molar-refractivity contribution in [3.8, 4) is 0 Å². The number of carbonyl (C=O) groups excluding carboxylic acids is 1. The van der Waals surface area contributed by atoms with E-state index >= 15 is 0 Å². The minimum Gasteiger partial charge on any atom is -0.446 e. The van der Waals surface area contributed by atoms with Crippen LogP contribution in [-0.2, 0) is 4.74 Å². The van der Waals surface area contributed by atoms with E-state index < -0.39 is 0 Å². The molecule has 1 aliphatic carbocycles. The fourth-order valence-electron chi connectivity index (χ4n) is 2.54. The Morgan fingerprint density at radius 2 is 2.00 bits per heavy atom. The molecular weight excluding hydrogens is 166 g/mol. The lowest BCUT2D eigenvalue weighted by atomic mass is 9.73. The van der Waals surface area contributed by atoms with Gasteiger partial charge in [0.1, 0.15) is 6.10 Å². The van der Waals surface area contributed by atoms with E-state index in [-0.39, 0.29) is 12.2 Å². The quantitative estimate of drug-likeness (QED) is 0.621. The monoisotopic (exact) mass is 183 g/mol. The van der Waals surface area contributed by atoms with E-state index in [0.29, 0.717) is 17.8 Å². The molecule has 4 atom stereocenters. The molecule has 3 heteroatoms. The lowest BCUT2D eigenvalue weighted by molar-refractivity contribution is -0.0377. The van der Waals surface area contributed by atoms with Crippen LogP contribution in [0.5, 0.6) is 0 Å². The van der Waals surface area contributed by atoms with Crippen LogP contribution in [0.25, 0.3) is 0 Å². The van der Waals surface area contributed by atoms with Gasteiger partial charge in [-0.1, -0.05) is 13.8 Å². The molecule has 0 aromatic carbocycles. The topological polar surface area (TPSA) is 38.3 Å². The van der Waals surface area contributed by atoms with Crippen molar-refractivity contribution in [2.75, 3.05) is 6.54 Å². The van der Waals surface area contributed by atoms with Crippen LogP contribution in [0.3, 0.4) is 0 Å². The molecule has 2 rings (SSSR count). The second-order valence-electron chi connectivity index (χ2n) is 4.45. The van der Waals surface area contributed by atoms with Crippen molar-refractivity contribution in [2.45, 2.75) is 32.8 Å². The highest BCUT2D eigenvalue weighted by Gasteiger charge is 2.40. The molecule has 0 spiro atoms. The van der Waals surface area contributed by atoms with Crippen molar-refractivity contribution in [1.29, 1.82) is 0 Å². The van der Waals surface area contributed by atoms with Crippen LogP contribution in [0.1, 0.15) is 26.7 Å². The fourth-order valence-corrected chi connectivity index (χ4v) is 2.54. The predicted molar refractivity (Wildman–Crippen MR) is 49.3 cm³/mol. The molecule has 1 heterocycles. The third-order valence-electron chi connectivity index (χ3n) is 3.52. The minimum absolute atomic E-state index is 0.164. The van der Waals surface area contributed by atoms with Crippen LogP contribution < -0.4 is 5.32 Å². The Morgan fingerprint density at radius 1 is 1.31 bits per heavy atom. The molecule has 1 amide bonds. The number of rotatable bonds is 0. The highest BCUT2D eigenvalue weighted by atomic mass is 16.6. The first-order valence-corrected chi connectivity index (χ1v) is 5.13. The molecule has 74 valence electrons. The Hall–Kier alpha value is -0.730. The number of alkyl carbamates (subject to hydrolysis) is 1. The molecule has 0 aromatic heterocycles. The second kappa shape index (κ2) is 3.20. The molecule has 13 heavy (non-hydrogen) atoms. The minimum atomic E-state index is -0.234. The molecule has 2 aliphatic rings. The smallest absolute Gasteiger partial charge is 0.407 e. The number of carbonyl (C=O) groups is 1. The van der Waals surface area contributed by atoms with Gasteiger partial charge in [0.2, 0.25) is 0 Å². The number of fused-ring (bicyclic) bond motifs is 1. The summed E-state index contributed by atoms with van der Waals surface area (Å²) in [7, 11) is 0. The van der Waals surface area contributed by atoms with Crippen LogP contribution in [-0.4, -0.2) is 18.7 Å². The average molecular weight is 183 g/mol. The first-order valence-electron chi connectivity index (χ1n) is 5.13. The van der Waals surface area contributed by atoms with Gasteiger partial charge < -0.3 is 10.1 Å². The first kappa shape index (κ1) is 8.85. The van der Waals surface area contributed by atoms with Gasteiger partial charge in [-0.05, 0) is 24.7 Å². The number of nitrogens with one attached hydrogen (secondary N) is 1. The van der Waals surface area contributed by atoms with Gasteiger partial charge in [-0.2, -0.15) is 0 Å². The third kappa shape index (κ3) is 1.52. The lowest BCUT2D eigenvalue weighted by Crippen LogP contribution is -2.52.